The summed E-state index contributed by atoms with van der Waals surface area (Å²) in [5.41, 5.74) is -1.91. The van der Waals surface area contributed by atoms with Gasteiger partial charge in [0.2, 0.25) is 12.6 Å². The average molecular weight is 1390 g/mol. The lowest BCUT2D eigenvalue weighted by molar-refractivity contribution is -0.410. The summed E-state index contributed by atoms with van der Waals surface area (Å²) >= 11 is 0. The lowest BCUT2D eigenvalue weighted by Crippen LogP contribution is -2.69. The van der Waals surface area contributed by atoms with Gasteiger partial charge < -0.3 is 123 Å². The van der Waals surface area contributed by atoms with Gasteiger partial charge in [0.05, 0.1) is 55.1 Å². The Hall–Kier alpha value is -4.06. The quantitative estimate of drug-likeness (QED) is 0.0238. The summed E-state index contributed by atoms with van der Waals surface area (Å²) in [6.45, 7) is 16.2. The smallest absolute Gasteiger partial charge is 0.331 e. The van der Waals surface area contributed by atoms with E-state index in [9.17, 15) is 80.8 Å². The molecule has 28 nitrogen and oxygen atoms in total. The van der Waals surface area contributed by atoms with E-state index in [4.69, 9.17) is 52.1 Å². The molecule has 36 atom stereocenters. The molecule has 0 radical (unpaired) electrons. The molecule has 4 aliphatic heterocycles. The Bertz CT molecular complexity index is 3020. The van der Waals surface area contributed by atoms with Crippen molar-refractivity contribution < 1.29 is 138 Å². The van der Waals surface area contributed by atoms with Crippen LogP contribution in [0.15, 0.2) is 42.5 Å². The third-order valence-electron chi connectivity index (χ3n) is 24.9. The maximum absolute atomic E-state index is 15.3. The zero-order valence-electron chi connectivity index (χ0n) is 56.8. The van der Waals surface area contributed by atoms with E-state index in [0.29, 0.717) is 32.1 Å². The monoisotopic (exact) mass is 1390 g/mol. The lowest BCUT2D eigenvalue weighted by atomic mass is 9.33. The molecule has 0 spiro atoms. The molecule has 5 saturated carbocycles. The Morgan fingerprint density at radius 1 is 0.612 bits per heavy atom. The average Bonchev–Trinajstić information content (AvgIpc) is 0.677. The molecule has 550 valence electrons. The predicted octanol–water partition coefficient (Wildman–Crippen LogP) is -0.281. The normalized spacial score (nSPS) is 50.8. The molecule has 6 aliphatic carbocycles. The van der Waals surface area contributed by atoms with Crippen LogP contribution in [0, 0.1) is 75.4 Å². The van der Waals surface area contributed by atoms with E-state index in [1.54, 1.807) is 26.8 Å². The van der Waals surface area contributed by atoms with Crippen LogP contribution in [0.4, 0.5) is 0 Å². The zero-order valence-corrected chi connectivity index (χ0v) is 56.8. The third-order valence-corrected chi connectivity index (χ3v) is 24.9. The molecule has 0 amide bonds. The molecular weight excluding hydrogens is 1290 g/mol. The lowest BCUT2D eigenvalue weighted by Gasteiger charge is -2.71. The molecule has 11 rings (SSSR count). The minimum Gasteiger partial charge on any atom is -0.454 e. The molecule has 28 heteroatoms. The summed E-state index contributed by atoms with van der Waals surface area (Å²) in [7, 11) is 0. The summed E-state index contributed by atoms with van der Waals surface area (Å²) in [5.74, 6) is -4.76. The Morgan fingerprint density at radius 3 is 1.98 bits per heavy atom. The number of aryl methyl sites for hydroxylation is 1. The minimum atomic E-state index is -2.02. The molecule has 98 heavy (non-hydrogen) atoms. The standard InChI is InChI=1S/C70H102O28/c1-30-10-12-33(13-11-30)14-17-44(76)94-56-32(3)90-64(58(54(56)85)91-39-22-31(2)46(77)50(81)48(39)79)97-60(87)35-24-66(4,5)23-34-36-15-16-42-67(6)20-19-43(68(7,28-72)41(67)18-21-69(42,8)70(36,9)25-37(74)45(34)35)93-65-59(96-63-53(84)51(82)49(80)40(26-71)92-63)57(55(86)62(98-65)89-29-73)95-61-52(83)47(78)38(75)27-88-61/h10-17,28-29,31-32,34-43,45-59,61-65,71,74-75,77-86H,18-27H2,1-9H3/b17-14+/t31?,32?,34-,35+,36?,37+,38?,39?,40?,41+,42+,43-,45?,46?,47?,48?,49?,50?,51?,52?,53?,54?,55?,56?,57?,58?,59?,61?,62?,63?,64?,65?,67-,68-,69+,70+/m0/s1. The topological polar surface area (TPSA) is 433 Å². The molecule has 0 bridgehead atoms. The molecule has 9 fully saturated rings. The van der Waals surface area contributed by atoms with E-state index in [1.165, 1.54) is 6.08 Å². The molecule has 0 aromatic heterocycles. The molecule has 1 aromatic rings. The van der Waals surface area contributed by atoms with E-state index < -0.39 is 229 Å². The van der Waals surface area contributed by atoms with Crippen LogP contribution >= 0.6 is 0 Å². The van der Waals surface area contributed by atoms with Crippen molar-refractivity contribution in [3.63, 3.8) is 0 Å². The van der Waals surface area contributed by atoms with Crippen molar-refractivity contribution in [2.75, 3.05) is 13.2 Å². The third kappa shape index (κ3) is 13.5. The van der Waals surface area contributed by atoms with Gasteiger partial charge in [-0.05, 0) is 128 Å². The van der Waals surface area contributed by atoms with Crippen LogP contribution in [0.25, 0.3) is 6.08 Å². The Balaban J connectivity index is 0.848. The van der Waals surface area contributed by atoms with E-state index in [2.05, 4.69) is 46.8 Å². The summed E-state index contributed by atoms with van der Waals surface area (Å²) in [6, 6.07) is 7.41. The van der Waals surface area contributed by atoms with Crippen molar-refractivity contribution in [1.29, 1.82) is 0 Å². The number of aliphatic hydroxyl groups excluding tert-OH is 13. The highest BCUT2D eigenvalue weighted by molar-refractivity contribution is 5.87. The first kappa shape index (κ1) is 75.1. The minimum absolute atomic E-state index is 0.0188. The number of fused-ring (bicyclic) bond motifs is 7. The Labute approximate surface area is 569 Å². The summed E-state index contributed by atoms with van der Waals surface area (Å²) in [5, 5.41) is 145. The van der Waals surface area contributed by atoms with Crippen LogP contribution in [-0.2, 0) is 71.3 Å². The fourth-order valence-electron chi connectivity index (χ4n) is 19.4. The van der Waals surface area contributed by atoms with E-state index in [-0.39, 0.29) is 43.5 Å². The number of hydrogen-bond donors (Lipinski definition) is 13. The molecular formula is C70H102O28. The van der Waals surface area contributed by atoms with Gasteiger partial charge in [-0.15, -0.1) is 0 Å². The van der Waals surface area contributed by atoms with Crippen LogP contribution in [0.5, 0.6) is 0 Å². The van der Waals surface area contributed by atoms with E-state index in [0.717, 1.165) is 17.4 Å². The molecule has 13 N–H and O–H groups in total. The predicted molar refractivity (Wildman–Crippen MR) is 336 cm³/mol. The first-order valence-electron chi connectivity index (χ1n) is 34.5. The molecule has 26 unspecified atom stereocenters. The second-order valence-corrected chi connectivity index (χ2v) is 31.5. The molecule has 4 saturated heterocycles. The Morgan fingerprint density at radius 2 is 1.30 bits per heavy atom. The number of rotatable bonds is 17. The van der Waals surface area contributed by atoms with Crippen LogP contribution in [0.1, 0.15) is 118 Å². The van der Waals surface area contributed by atoms with Crippen molar-refractivity contribution in [2.24, 2.45) is 68.5 Å². The second kappa shape index (κ2) is 28.9. The van der Waals surface area contributed by atoms with Crippen LogP contribution < -0.4 is 0 Å². The van der Waals surface area contributed by atoms with Gasteiger partial charge in [-0.2, -0.15) is 0 Å². The van der Waals surface area contributed by atoms with Gasteiger partial charge in [0.1, 0.15) is 91.7 Å². The van der Waals surface area contributed by atoms with Gasteiger partial charge in [0, 0.05) is 12.0 Å². The van der Waals surface area contributed by atoms with Crippen molar-refractivity contribution >= 4 is 30.8 Å². The fraction of sp³-hybridized carbons (Fsp3) is 0.800. The number of esters is 2. The highest BCUT2D eigenvalue weighted by Crippen LogP contribution is 2.75. The number of aliphatic hydroxyl groups is 13. The number of aldehydes is 1. The van der Waals surface area contributed by atoms with Gasteiger partial charge in [-0.3, -0.25) is 9.59 Å². The highest BCUT2D eigenvalue weighted by Gasteiger charge is 2.71. The molecule has 1 aromatic carbocycles. The van der Waals surface area contributed by atoms with E-state index in [1.807, 2.05) is 31.2 Å². The van der Waals surface area contributed by atoms with Gasteiger partial charge in [0.15, 0.2) is 25.0 Å². The molecule has 10 aliphatic rings. The zero-order chi connectivity index (χ0) is 71.2. The van der Waals surface area contributed by atoms with Crippen molar-refractivity contribution in [3.8, 4) is 0 Å². The summed E-state index contributed by atoms with van der Waals surface area (Å²) < 4.78 is 66.7. The number of carbonyl (C=O) groups is 4. The number of benzene rings is 1. The number of allylic oxidation sites excluding steroid dienone is 2. The SMILES string of the molecule is Cc1ccc(/C=C/C(=O)OC2C(C)OC(OC(=O)[C@@H]3CC(C)(C)C[C@@H]4C3[C@H](O)C[C@]3(C)C4C=C[C@@H]4[C@@]5(C)CC[C@H](OC6OC(OC=O)C(O)C(OC7OCC(O)C(O)C7O)C6OC6OC(CO)C(O)C(O)C6O)[C@@](C)(C=O)[C@@H]5CC[C@]43C)C(OC3CC(C)C(O)C(O)C3O)C2O)cc1. The van der Waals surface area contributed by atoms with Crippen LogP contribution in [-0.4, -0.2) is 258 Å². The summed E-state index contributed by atoms with van der Waals surface area (Å²) in [6.07, 6.45) is -30.0. The van der Waals surface area contributed by atoms with Gasteiger partial charge in [-0.1, -0.05) is 90.4 Å². The van der Waals surface area contributed by atoms with Crippen molar-refractivity contribution in [1.82, 2.24) is 0 Å². The number of hydrogen-bond acceptors (Lipinski definition) is 28. The van der Waals surface area contributed by atoms with Gasteiger partial charge in [0.25, 0.3) is 6.47 Å². The molecule has 4 heterocycles. The maximum Gasteiger partial charge on any atom is 0.331 e. The maximum atomic E-state index is 15.3. The number of carbonyl (C=O) groups excluding carboxylic acids is 4. The van der Waals surface area contributed by atoms with Gasteiger partial charge in [-0.25, -0.2) is 4.79 Å². The summed E-state index contributed by atoms with van der Waals surface area (Å²) in [4.78, 5) is 54.9. The van der Waals surface area contributed by atoms with Crippen molar-refractivity contribution in [2.45, 2.75) is 267 Å². The second-order valence-electron chi connectivity index (χ2n) is 31.5. The Kier molecular flexibility index (Phi) is 22.1. The van der Waals surface area contributed by atoms with E-state index >= 15 is 4.79 Å². The largest absolute Gasteiger partial charge is 0.454 e. The van der Waals surface area contributed by atoms with Crippen LogP contribution in [0.2, 0.25) is 0 Å². The fourth-order valence-corrected chi connectivity index (χ4v) is 19.4. The number of ether oxygens (including phenoxy) is 11. The first-order chi connectivity index (χ1) is 46.1. The highest BCUT2D eigenvalue weighted by atomic mass is 16.8. The first-order valence-corrected chi connectivity index (χ1v) is 34.5. The van der Waals surface area contributed by atoms with Crippen LogP contribution in [0.3, 0.4) is 0 Å². The van der Waals surface area contributed by atoms with Crippen molar-refractivity contribution in [3.05, 3.63) is 53.6 Å². The van der Waals surface area contributed by atoms with Gasteiger partial charge >= 0.3 is 11.9 Å².